The molecule has 314 valence electrons. The Balaban J connectivity index is 1.25. The maximum Gasteiger partial charge on any atom is 0.252 e. The van der Waals surface area contributed by atoms with Crippen molar-refractivity contribution in [1.82, 2.24) is 0 Å². The molecule has 0 amide bonds. The van der Waals surface area contributed by atoms with Crippen LogP contribution >= 0.6 is 0 Å². The van der Waals surface area contributed by atoms with Crippen LogP contribution in [0.5, 0.6) is 0 Å². The van der Waals surface area contributed by atoms with E-state index in [9.17, 15) is 0 Å². The van der Waals surface area contributed by atoms with Gasteiger partial charge in [0.05, 0.1) is 0 Å². The lowest BCUT2D eigenvalue weighted by molar-refractivity contribution is 0.332. The Morgan fingerprint density at radius 2 is 0.889 bits per heavy atom. The summed E-state index contributed by atoms with van der Waals surface area (Å²) in [6.07, 6.45) is 4.74. The third-order valence-electron chi connectivity index (χ3n) is 15.9. The van der Waals surface area contributed by atoms with Gasteiger partial charge in [0.1, 0.15) is 0 Å². The van der Waals surface area contributed by atoms with Crippen LogP contribution in [0.15, 0.2) is 140 Å². The lowest BCUT2D eigenvalue weighted by Gasteiger charge is -2.48. The number of hydrogen-bond acceptors (Lipinski definition) is 2. The first-order valence-corrected chi connectivity index (χ1v) is 23.5. The van der Waals surface area contributed by atoms with E-state index < -0.39 is 0 Å². The molecule has 11 rings (SSSR count). The molecule has 0 atom stereocenters. The standard InChI is InChI=1S/C60H61BN2/c1-38-31-54-56-55(32-38)63(52-34-43(22-21-39(52)2)41-19-15-12-16-20-41)51-26-23-42(40-17-13-11-14-18-40)33-49(51)61(56)50-36-47-48(60(9,10)30-29-59(47,7)8)37-53(50)62(54)44-24-25-45-46(35-44)58(5,6)28-27-57(45,3)4/h11-26,31-37H,27-30H2,1-10H3. The molecule has 4 aliphatic rings. The lowest BCUT2D eigenvalue weighted by atomic mass is 9.33. The molecule has 0 unspecified atom stereocenters. The lowest BCUT2D eigenvalue weighted by Crippen LogP contribution is -2.62. The zero-order valence-corrected chi connectivity index (χ0v) is 39.1. The zero-order valence-electron chi connectivity index (χ0n) is 39.1. The van der Waals surface area contributed by atoms with E-state index in [-0.39, 0.29) is 28.4 Å². The Hall–Kier alpha value is -5.80. The molecule has 63 heavy (non-hydrogen) atoms. The molecule has 7 aromatic carbocycles. The molecule has 0 saturated heterocycles. The minimum atomic E-state index is 0.0357. The van der Waals surface area contributed by atoms with Gasteiger partial charge in [-0.15, -0.1) is 0 Å². The van der Waals surface area contributed by atoms with E-state index in [1.807, 2.05) is 0 Å². The topological polar surface area (TPSA) is 6.48 Å². The summed E-state index contributed by atoms with van der Waals surface area (Å²) in [5.74, 6) is 0. The maximum absolute atomic E-state index is 2.69. The highest BCUT2D eigenvalue weighted by atomic mass is 15.2. The highest BCUT2D eigenvalue weighted by molar-refractivity contribution is 7.00. The predicted molar refractivity (Wildman–Crippen MR) is 271 cm³/mol. The fourth-order valence-corrected chi connectivity index (χ4v) is 11.9. The molecule has 2 heterocycles. The number of fused-ring (bicyclic) bond motifs is 6. The SMILES string of the molecule is Cc1cc2c3c(c1)N(c1cc(-c4ccccc4)ccc1C)c1ccc(-c4ccccc4)cc1B3c1cc3c(cc1N2c1ccc2c(c1)C(C)(C)CCC2(C)C)C(C)(C)CCC3(C)C. The number of benzene rings is 7. The van der Waals surface area contributed by atoms with E-state index in [0.29, 0.717) is 0 Å². The monoisotopic (exact) mass is 820 g/mol. The van der Waals surface area contributed by atoms with Crippen LogP contribution in [0.4, 0.5) is 34.1 Å². The van der Waals surface area contributed by atoms with E-state index >= 15 is 0 Å². The van der Waals surface area contributed by atoms with Gasteiger partial charge in [-0.05, 0) is 176 Å². The van der Waals surface area contributed by atoms with E-state index in [4.69, 9.17) is 0 Å². The highest BCUT2D eigenvalue weighted by Gasteiger charge is 2.47. The molecule has 0 saturated carbocycles. The summed E-state index contributed by atoms with van der Waals surface area (Å²) in [4.78, 5) is 5.30. The molecular weight excluding hydrogens is 759 g/mol. The van der Waals surface area contributed by atoms with Crippen molar-refractivity contribution in [1.29, 1.82) is 0 Å². The minimum absolute atomic E-state index is 0.0357. The molecule has 2 nitrogen and oxygen atoms in total. The normalized spacial score (nSPS) is 18.2. The molecule has 0 spiro atoms. The van der Waals surface area contributed by atoms with Crippen molar-refractivity contribution in [2.75, 3.05) is 9.80 Å². The summed E-state index contributed by atoms with van der Waals surface area (Å²) >= 11 is 0. The van der Waals surface area contributed by atoms with Crippen LogP contribution in [0.2, 0.25) is 0 Å². The smallest absolute Gasteiger partial charge is 0.252 e. The molecule has 7 aromatic rings. The first kappa shape index (κ1) is 40.0. The third-order valence-corrected chi connectivity index (χ3v) is 15.9. The zero-order chi connectivity index (χ0) is 43.8. The van der Waals surface area contributed by atoms with Crippen LogP contribution in [-0.4, -0.2) is 6.71 Å². The maximum atomic E-state index is 2.69. The van der Waals surface area contributed by atoms with Crippen LogP contribution < -0.4 is 26.2 Å². The molecular formula is C60H61BN2. The Morgan fingerprint density at radius 3 is 1.51 bits per heavy atom. The van der Waals surface area contributed by atoms with Crippen molar-refractivity contribution in [2.45, 2.75) is 117 Å². The number of rotatable bonds is 4. The molecule has 0 aromatic heterocycles. The third kappa shape index (κ3) is 6.20. The first-order valence-electron chi connectivity index (χ1n) is 23.5. The summed E-state index contributed by atoms with van der Waals surface area (Å²) in [5.41, 5.74) is 25.6. The molecule has 0 N–H and O–H groups in total. The summed E-state index contributed by atoms with van der Waals surface area (Å²) < 4.78 is 0. The van der Waals surface area contributed by atoms with Crippen LogP contribution in [0.25, 0.3) is 22.3 Å². The summed E-state index contributed by atoms with van der Waals surface area (Å²) in [6, 6.07) is 54.0. The molecule has 2 aliphatic carbocycles. The van der Waals surface area contributed by atoms with E-state index in [1.54, 1.807) is 0 Å². The highest BCUT2D eigenvalue weighted by Crippen LogP contribution is 2.53. The molecule has 0 bridgehead atoms. The van der Waals surface area contributed by atoms with Crippen molar-refractivity contribution < 1.29 is 0 Å². The quantitative estimate of drug-likeness (QED) is 0.163. The summed E-state index contributed by atoms with van der Waals surface area (Å²) in [5, 5.41) is 0. The van der Waals surface area contributed by atoms with E-state index in [0.717, 1.165) is 0 Å². The number of nitrogens with zero attached hydrogens (tertiary/aromatic N) is 2. The number of aryl methyl sites for hydroxylation is 2. The number of hydrogen-bond donors (Lipinski definition) is 0. The van der Waals surface area contributed by atoms with Crippen LogP contribution in [0.3, 0.4) is 0 Å². The largest absolute Gasteiger partial charge is 0.311 e. The van der Waals surface area contributed by atoms with Crippen LogP contribution in [-0.2, 0) is 21.7 Å². The predicted octanol–water partition coefficient (Wildman–Crippen LogP) is 14.4. The van der Waals surface area contributed by atoms with Crippen molar-refractivity contribution in [3.05, 3.63) is 173 Å². The second-order valence-electron chi connectivity index (χ2n) is 22.0. The Labute approximate surface area is 377 Å². The van der Waals surface area contributed by atoms with Crippen LogP contribution in [0.1, 0.15) is 114 Å². The Kier molecular flexibility index (Phi) is 8.80. The van der Waals surface area contributed by atoms with Gasteiger partial charge in [0.25, 0.3) is 6.71 Å². The minimum Gasteiger partial charge on any atom is -0.311 e. The van der Waals surface area contributed by atoms with Crippen molar-refractivity contribution >= 4 is 57.2 Å². The van der Waals surface area contributed by atoms with Gasteiger partial charge in [-0.2, -0.15) is 0 Å². The van der Waals surface area contributed by atoms with Crippen molar-refractivity contribution in [3.63, 3.8) is 0 Å². The van der Waals surface area contributed by atoms with Gasteiger partial charge >= 0.3 is 0 Å². The fraction of sp³-hybridized carbons (Fsp3) is 0.300. The Morgan fingerprint density at radius 1 is 0.381 bits per heavy atom. The van der Waals surface area contributed by atoms with E-state index in [2.05, 4.69) is 219 Å². The first-order chi connectivity index (χ1) is 30.0. The van der Waals surface area contributed by atoms with E-state index in [1.165, 1.54) is 132 Å². The molecule has 2 aliphatic heterocycles. The van der Waals surface area contributed by atoms with Crippen molar-refractivity contribution in [2.24, 2.45) is 0 Å². The molecule has 0 fully saturated rings. The Bertz CT molecular complexity index is 2990. The summed E-state index contributed by atoms with van der Waals surface area (Å²) in [7, 11) is 0. The average molecular weight is 821 g/mol. The van der Waals surface area contributed by atoms with Crippen molar-refractivity contribution in [3.8, 4) is 22.3 Å². The number of anilines is 6. The van der Waals surface area contributed by atoms with Crippen LogP contribution in [0, 0.1) is 13.8 Å². The van der Waals surface area contributed by atoms with Gasteiger partial charge in [-0.3, -0.25) is 0 Å². The van der Waals surface area contributed by atoms with Gasteiger partial charge in [-0.1, -0.05) is 152 Å². The average Bonchev–Trinajstić information content (AvgIpc) is 3.27. The second kappa shape index (κ2) is 13.9. The molecule has 3 heteroatoms. The van der Waals surface area contributed by atoms with Gasteiger partial charge in [0.2, 0.25) is 0 Å². The summed E-state index contributed by atoms with van der Waals surface area (Å²) in [6.45, 7) is 24.4. The van der Waals surface area contributed by atoms with Gasteiger partial charge in [0, 0.05) is 34.1 Å². The van der Waals surface area contributed by atoms with Gasteiger partial charge in [0.15, 0.2) is 0 Å². The van der Waals surface area contributed by atoms with Gasteiger partial charge in [-0.25, -0.2) is 0 Å². The second-order valence-corrected chi connectivity index (χ2v) is 22.0. The molecule has 0 radical (unpaired) electrons. The van der Waals surface area contributed by atoms with Gasteiger partial charge < -0.3 is 9.80 Å². The fourth-order valence-electron chi connectivity index (χ4n) is 11.9.